The summed E-state index contributed by atoms with van der Waals surface area (Å²) in [6.07, 6.45) is 12.1. The molecule has 2 atom stereocenters. The third kappa shape index (κ3) is 3.67. The molecule has 0 saturated heterocycles. The van der Waals surface area contributed by atoms with E-state index in [4.69, 9.17) is 5.73 Å². The van der Waals surface area contributed by atoms with Gasteiger partial charge in [-0.1, -0.05) is 6.42 Å². The lowest BCUT2D eigenvalue weighted by atomic mass is 9.65. The molecule has 2 unspecified atom stereocenters. The number of nitrogens with one attached hydrogen (secondary N) is 1. The molecule has 2 fully saturated rings. The molecule has 2 aliphatic carbocycles. The maximum atomic E-state index is 12.6. The highest BCUT2D eigenvalue weighted by Crippen LogP contribution is 2.42. The lowest BCUT2D eigenvalue weighted by Gasteiger charge is -2.43. The molecule has 134 valence electrons. The minimum atomic E-state index is 0. The van der Waals surface area contributed by atoms with Gasteiger partial charge in [-0.25, -0.2) is 14.6 Å². The number of amides is 1. The maximum Gasteiger partial charge on any atom is 0.250 e. The van der Waals surface area contributed by atoms with Crippen LogP contribution in [0.25, 0.3) is 5.95 Å². The fraction of sp³-hybridized carbons (Fsp3) is 0.529. The van der Waals surface area contributed by atoms with Crippen LogP contribution in [-0.4, -0.2) is 31.7 Å². The van der Waals surface area contributed by atoms with E-state index in [0.29, 0.717) is 23.5 Å². The number of carbonyl (C=O) groups excluding carboxylic acids is 1. The highest BCUT2D eigenvalue weighted by atomic mass is 35.5. The summed E-state index contributed by atoms with van der Waals surface area (Å²) in [6.45, 7) is 0. The maximum absolute atomic E-state index is 12.6. The van der Waals surface area contributed by atoms with Gasteiger partial charge in [0.2, 0.25) is 11.9 Å². The van der Waals surface area contributed by atoms with Gasteiger partial charge >= 0.3 is 0 Å². The van der Waals surface area contributed by atoms with Gasteiger partial charge in [-0.15, -0.1) is 12.4 Å². The van der Waals surface area contributed by atoms with Crippen LogP contribution in [0.3, 0.4) is 0 Å². The number of aromatic nitrogens is 4. The number of nitrogens with two attached hydrogens (primary N) is 1. The summed E-state index contributed by atoms with van der Waals surface area (Å²) in [5, 5.41) is 7.20. The first kappa shape index (κ1) is 17.8. The van der Waals surface area contributed by atoms with E-state index in [1.165, 1.54) is 6.42 Å². The van der Waals surface area contributed by atoms with Crippen molar-refractivity contribution in [2.45, 2.75) is 38.1 Å². The van der Waals surface area contributed by atoms with Crippen LogP contribution in [0.5, 0.6) is 0 Å². The molecule has 25 heavy (non-hydrogen) atoms. The second kappa shape index (κ2) is 7.49. The van der Waals surface area contributed by atoms with Gasteiger partial charge in [0.05, 0.1) is 18.1 Å². The zero-order valence-electron chi connectivity index (χ0n) is 13.9. The number of rotatable bonds is 3. The van der Waals surface area contributed by atoms with E-state index in [2.05, 4.69) is 20.4 Å². The molecule has 2 heterocycles. The van der Waals surface area contributed by atoms with Crippen LogP contribution in [0.4, 0.5) is 5.69 Å². The van der Waals surface area contributed by atoms with Gasteiger partial charge in [0.15, 0.2) is 0 Å². The van der Waals surface area contributed by atoms with E-state index in [1.54, 1.807) is 35.5 Å². The molecule has 2 aromatic rings. The Morgan fingerprint density at radius 3 is 2.56 bits per heavy atom. The van der Waals surface area contributed by atoms with Crippen molar-refractivity contribution >= 4 is 24.0 Å². The number of fused-ring (bicyclic) bond motifs is 2. The molecule has 7 nitrogen and oxygen atoms in total. The summed E-state index contributed by atoms with van der Waals surface area (Å²) < 4.78 is 1.56. The number of hydrogen-bond acceptors (Lipinski definition) is 5. The van der Waals surface area contributed by atoms with Crippen molar-refractivity contribution < 1.29 is 4.79 Å². The Morgan fingerprint density at radius 1 is 1.20 bits per heavy atom. The standard InChI is InChI=1S/C17H22N6O.ClH/c18-15-11-3-1-4-12(15)8-13(7-11)16(24)22-14-9-21-23(10-14)17-19-5-2-6-20-17;/h2,5-6,9-13,15H,1,3-4,7-8,18H2,(H,22,24);1H. The van der Waals surface area contributed by atoms with Crippen molar-refractivity contribution in [3.8, 4) is 5.95 Å². The van der Waals surface area contributed by atoms with Gasteiger partial charge in [0.25, 0.3) is 0 Å². The molecule has 0 aliphatic heterocycles. The summed E-state index contributed by atoms with van der Waals surface area (Å²) in [5.74, 6) is 1.60. The molecular formula is C17H23ClN6O. The van der Waals surface area contributed by atoms with E-state index in [9.17, 15) is 4.79 Å². The van der Waals surface area contributed by atoms with Crippen LogP contribution in [0.2, 0.25) is 0 Å². The van der Waals surface area contributed by atoms with Crippen molar-refractivity contribution in [3.05, 3.63) is 30.9 Å². The highest BCUT2D eigenvalue weighted by Gasteiger charge is 2.40. The first-order chi connectivity index (χ1) is 11.7. The van der Waals surface area contributed by atoms with E-state index >= 15 is 0 Å². The monoisotopic (exact) mass is 362 g/mol. The quantitative estimate of drug-likeness (QED) is 0.871. The predicted molar refractivity (Wildman–Crippen MR) is 96.6 cm³/mol. The number of hydrogen-bond donors (Lipinski definition) is 2. The summed E-state index contributed by atoms with van der Waals surface area (Å²) in [6, 6.07) is 2.03. The van der Waals surface area contributed by atoms with Crippen LogP contribution in [0.1, 0.15) is 32.1 Å². The Balaban J connectivity index is 0.00000182. The molecular weight excluding hydrogens is 340 g/mol. The van der Waals surface area contributed by atoms with Crippen molar-refractivity contribution in [3.63, 3.8) is 0 Å². The summed E-state index contributed by atoms with van der Waals surface area (Å²) in [7, 11) is 0. The molecule has 0 radical (unpaired) electrons. The van der Waals surface area contributed by atoms with Crippen molar-refractivity contribution in [1.29, 1.82) is 0 Å². The zero-order chi connectivity index (χ0) is 16.5. The number of anilines is 1. The molecule has 0 aromatic carbocycles. The second-order valence-corrected chi connectivity index (χ2v) is 6.91. The molecule has 8 heteroatoms. The van der Waals surface area contributed by atoms with E-state index in [0.717, 1.165) is 25.7 Å². The number of nitrogens with zero attached hydrogens (tertiary/aromatic N) is 4. The Labute approximate surface area is 152 Å². The number of carbonyl (C=O) groups is 1. The van der Waals surface area contributed by atoms with Crippen LogP contribution in [0, 0.1) is 17.8 Å². The fourth-order valence-corrected chi connectivity index (χ4v) is 4.15. The zero-order valence-corrected chi connectivity index (χ0v) is 14.7. The largest absolute Gasteiger partial charge is 0.327 e. The summed E-state index contributed by atoms with van der Waals surface area (Å²) in [5.41, 5.74) is 6.98. The minimum absolute atomic E-state index is 0. The smallest absolute Gasteiger partial charge is 0.250 e. The van der Waals surface area contributed by atoms with Gasteiger partial charge in [-0.2, -0.15) is 5.10 Å². The average Bonchev–Trinajstić information content (AvgIpc) is 3.04. The van der Waals surface area contributed by atoms with Gasteiger partial charge in [-0.05, 0) is 43.6 Å². The predicted octanol–water partition coefficient (Wildman–Crippen LogP) is 2.18. The van der Waals surface area contributed by atoms with Crippen LogP contribution in [0.15, 0.2) is 30.9 Å². The lowest BCUT2D eigenvalue weighted by molar-refractivity contribution is -0.122. The van der Waals surface area contributed by atoms with Crippen molar-refractivity contribution in [2.75, 3.05) is 5.32 Å². The van der Waals surface area contributed by atoms with E-state index in [-0.39, 0.29) is 30.3 Å². The van der Waals surface area contributed by atoms with Crippen LogP contribution < -0.4 is 11.1 Å². The molecule has 2 bridgehead atoms. The van der Waals surface area contributed by atoms with Crippen molar-refractivity contribution in [1.82, 2.24) is 19.7 Å². The lowest BCUT2D eigenvalue weighted by Crippen LogP contribution is -2.48. The Bertz CT molecular complexity index is 707. The van der Waals surface area contributed by atoms with Crippen LogP contribution in [-0.2, 0) is 4.79 Å². The first-order valence-corrected chi connectivity index (χ1v) is 8.59. The van der Waals surface area contributed by atoms with E-state index in [1.807, 2.05) is 0 Å². The Hall–Kier alpha value is -1.99. The minimum Gasteiger partial charge on any atom is -0.327 e. The molecule has 3 N–H and O–H groups in total. The summed E-state index contributed by atoms with van der Waals surface area (Å²) >= 11 is 0. The van der Waals surface area contributed by atoms with Gasteiger partial charge in [0.1, 0.15) is 0 Å². The molecule has 2 aromatic heterocycles. The van der Waals surface area contributed by atoms with Crippen molar-refractivity contribution in [2.24, 2.45) is 23.5 Å². The third-order valence-corrected chi connectivity index (χ3v) is 5.39. The fourth-order valence-electron chi connectivity index (χ4n) is 4.15. The SMILES string of the molecule is Cl.NC1C2CCCC1CC(C(=O)Nc1cnn(-c3ncccn3)c1)C2. The second-order valence-electron chi connectivity index (χ2n) is 6.91. The number of halogens is 1. The summed E-state index contributed by atoms with van der Waals surface area (Å²) in [4.78, 5) is 20.9. The van der Waals surface area contributed by atoms with Crippen LogP contribution >= 0.6 is 12.4 Å². The molecule has 2 saturated carbocycles. The van der Waals surface area contributed by atoms with E-state index < -0.39 is 0 Å². The Kier molecular flexibility index (Phi) is 5.34. The van der Waals surface area contributed by atoms with Gasteiger partial charge in [0, 0.05) is 24.4 Å². The molecule has 4 rings (SSSR count). The normalized spacial score (nSPS) is 28.0. The average molecular weight is 363 g/mol. The molecule has 1 amide bonds. The van der Waals surface area contributed by atoms with Gasteiger partial charge in [-0.3, -0.25) is 4.79 Å². The third-order valence-electron chi connectivity index (χ3n) is 5.39. The Morgan fingerprint density at radius 2 is 1.88 bits per heavy atom. The highest BCUT2D eigenvalue weighted by molar-refractivity contribution is 5.92. The molecule has 0 spiro atoms. The van der Waals surface area contributed by atoms with Gasteiger partial charge < -0.3 is 11.1 Å². The molecule has 2 aliphatic rings. The first-order valence-electron chi connectivity index (χ1n) is 8.59. The topological polar surface area (TPSA) is 98.7 Å².